The largest absolute Gasteiger partial charge is 0.363 e. The Labute approximate surface area is 127 Å². The van der Waals surface area contributed by atoms with E-state index in [4.69, 9.17) is 7.73 Å². The van der Waals surface area contributed by atoms with Gasteiger partial charge in [0.05, 0.1) is 14.0 Å². The third-order valence-corrected chi connectivity index (χ3v) is 4.50. The summed E-state index contributed by atoms with van der Waals surface area (Å²) in [5.74, 6) is 1.37. The summed E-state index contributed by atoms with van der Waals surface area (Å²) in [4.78, 5) is 13.0. The second-order valence-electron chi connectivity index (χ2n) is 5.91. The minimum Gasteiger partial charge on any atom is -0.363 e. The molecule has 108 valence electrons. The molecule has 2 aliphatic heterocycles. The highest BCUT2D eigenvalue weighted by atomic mass is 15.1. The van der Waals surface area contributed by atoms with E-state index in [9.17, 15) is 0 Å². The average Bonchev–Trinajstić information content (AvgIpc) is 2.93. The molecule has 21 heavy (non-hydrogen) atoms. The first-order chi connectivity index (χ1) is 11.0. The molecule has 5 nitrogen and oxygen atoms in total. The van der Waals surface area contributed by atoms with Crippen molar-refractivity contribution >= 4 is 5.82 Å². The maximum atomic E-state index is 7.68. The summed E-state index contributed by atoms with van der Waals surface area (Å²) >= 11 is 0. The quantitative estimate of drug-likeness (QED) is 0.837. The van der Waals surface area contributed by atoms with Crippen LogP contribution in [-0.2, 0) is 6.42 Å². The van der Waals surface area contributed by atoms with Crippen LogP contribution in [0.5, 0.6) is 0 Å². The number of anilines is 1. The zero-order chi connectivity index (χ0) is 16.0. The van der Waals surface area contributed by atoms with Gasteiger partial charge in [0.2, 0.25) is 0 Å². The summed E-state index contributed by atoms with van der Waals surface area (Å²) in [7, 11) is 0. The Hall–Kier alpha value is -2.01. The van der Waals surface area contributed by atoms with Crippen LogP contribution in [0.4, 0.5) is 5.82 Å². The van der Waals surface area contributed by atoms with Crippen LogP contribution in [-0.4, -0.2) is 33.6 Å². The summed E-state index contributed by atoms with van der Waals surface area (Å²) < 4.78 is 15.4. The van der Waals surface area contributed by atoms with Crippen LogP contribution in [0.3, 0.4) is 0 Å². The van der Waals surface area contributed by atoms with Crippen molar-refractivity contribution in [2.75, 3.05) is 18.4 Å². The maximum Gasteiger partial charge on any atom is 0.160 e. The van der Waals surface area contributed by atoms with Crippen LogP contribution in [0, 0.1) is 6.92 Å². The summed E-state index contributed by atoms with van der Waals surface area (Å²) in [5, 5.41) is 7.05. The minimum atomic E-state index is 0.0613. The second-order valence-corrected chi connectivity index (χ2v) is 5.91. The van der Waals surface area contributed by atoms with Crippen molar-refractivity contribution in [3.05, 3.63) is 35.7 Å². The Bertz CT molecular complexity index is 751. The molecule has 1 fully saturated rings. The molecule has 1 atom stereocenters. The van der Waals surface area contributed by atoms with Crippen LogP contribution in [0.15, 0.2) is 24.5 Å². The van der Waals surface area contributed by atoms with E-state index in [-0.39, 0.29) is 17.9 Å². The standard InChI is InChI=1S/C16H19N5/c1-11-13(15-18-6-2-7-19-15)9-12-3-4-16(5-8-17-10-16)21-14(12)20-11/h2,6-7,9,17H,3-5,8,10H2,1H3,(H,20,21)/t16-/m0/s1/i6D,7D. The lowest BCUT2D eigenvalue weighted by Gasteiger charge is -2.35. The van der Waals surface area contributed by atoms with Crippen LogP contribution >= 0.6 is 0 Å². The van der Waals surface area contributed by atoms with E-state index in [0.29, 0.717) is 5.82 Å². The fourth-order valence-electron chi connectivity index (χ4n) is 3.28. The molecule has 0 radical (unpaired) electrons. The monoisotopic (exact) mass is 283 g/mol. The van der Waals surface area contributed by atoms with Crippen LogP contribution in [0.1, 0.15) is 26.8 Å². The molecule has 5 heteroatoms. The molecule has 4 rings (SSSR count). The number of pyridine rings is 1. The predicted molar refractivity (Wildman–Crippen MR) is 82.2 cm³/mol. The number of aryl methyl sites for hydroxylation is 2. The number of hydrogen-bond acceptors (Lipinski definition) is 5. The summed E-state index contributed by atoms with van der Waals surface area (Å²) in [6.45, 7) is 3.96. The third-order valence-electron chi connectivity index (χ3n) is 4.50. The molecular weight excluding hydrogens is 262 g/mol. The molecule has 2 aromatic heterocycles. The first-order valence-corrected chi connectivity index (χ1v) is 7.37. The SMILES string of the molecule is [2H]c1cc([2H])nc(-c2cc3c(nc2C)N[C@]2(CCNC2)CC3)n1. The van der Waals surface area contributed by atoms with Gasteiger partial charge in [0.25, 0.3) is 0 Å². The summed E-state index contributed by atoms with van der Waals surface area (Å²) in [6, 6.07) is 3.40. The normalized spacial score (nSPS) is 25.2. The Morgan fingerprint density at radius 3 is 2.90 bits per heavy atom. The smallest absolute Gasteiger partial charge is 0.160 e. The first-order valence-electron chi connectivity index (χ1n) is 8.37. The van der Waals surface area contributed by atoms with E-state index in [0.717, 1.165) is 55.0 Å². The molecule has 0 bridgehead atoms. The fourth-order valence-corrected chi connectivity index (χ4v) is 3.28. The Morgan fingerprint density at radius 2 is 2.14 bits per heavy atom. The molecule has 1 spiro atoms. The van der Waals surface area contributed by atoms with E-state index in [2.05, 4.69) is 26.7 Å². The number of nitrogens with one attached hydrogen (secondary N) is 2. The molecule has 0 amide bonds. The molecule has 2 aliphatic rings. The van der Waals surface area contributed by atoms with Crippen LogP contribution in [0.2, 0.25) is 0 Å². The Kier molecular flexibility index (Phi) is 2.43. The molecule has 0 aromatic carbocycles. The summed E-state index contributed by atoms with van der Waals surface area (Å²) in [6.07, 6.45) is 3.30. The molecule has 0 unspecified atom stereocenters. The van der Waals surface area contributed by atoms with E-state index in [1.165, 1.54) is 6.07 Å². The topological polar surface area (TPSA) is 62.7 Å². The van der Waals surface area contributed by atoms with Crippen molar-refractivity contribution in [3.8, 4) is 11.4 Å². The molecule has 4 heterocycles. The van der Waals surface area contributed by atoms with Gasteiger partial charge in [-0.2, -0.15) is 0 Å². The zero-order valence-corrected chi connectivity index (χ0v) is 12.0. The van der Waals surface area contributed by atoms with Crippen molar-refractivity contribution in [2.45, 2.75) is 31.7 Å². The molecule has 0 saturated carbocycles. The lowest BCUT2D eigenvalue weighted by Crippen LogP contribution is -2.44. The first kappa shape index (κ1) is 10.7. The van der Waals surface area contributed by atoms with E-state index < -0.39 is 0 Å². The number of hydrogen-bond donors (Lipinski definition) is 2. The fraction of sp³-hybridized carbons (Fsp3) is 0.438. The lowest BCUT2D eigenvalue weighted by atomic mass is 9.86. The Balaban J connectivity index is 1.74. The van der Waals surface area contributed by atoms with Crippen molar-refractivity contribution in [1.82, 2.24) is 20.3 Å². The number of aromatic nitrogens is 3. The second kappa shape index (κ2) is 4.77. The van der Waals surface area contributed by atoms with Gasteiger partial charge in [-0.1, -0.05) is 0 Å². The lowest BCUT2D eigenvalue weighted by molar-refractivity contribution is 0.454. The van der Waals surface area contributed by atoms with E-state index in [1.54, 1.807) is 0 Å². The van der Waals surface area contributed by atoms with Gasteiger partial charge in [-0.15, -0.1) is 0 Å². The van der Waals surface area contributed by atoms with Gasteiger partial charge < -0.3 is 10.6 Å². The van der Waals surface area contributed by atoms with Gasteiger partial charge in [-0.05, 0) is 50.4 Å². The average molecular weight is 283 g/mol. The third kappa shape index (κ3) is 2.17. The highest BCUT2D eigenvalue weighted by molar-refractivity contribution is 5.64. The van der Waals surface area contributed by atoms with Crippen LogP contribution < -0.4 is 10.6 Å². The molecule has 1 saturated heterocycles. The molecule has 2 aromatic rings. The van der Waals surface area contributed by atoms with Gasteiger partial charge in [0, 0.05) is 24.5 Å². The number of fused-ring (bicyclic) bond motifs is 1. The minimum absolute atomic E-state index is 0.0613. The highest BCUT2D eigenvalue weighted by Gasteiger charge is 2.37. The number of nitrogens with zero attached hydrogens (tertiary/aromatic N) is 3. The maximum absolute atomic E-state index is 7.68. The van der Waals surface area contributed by atoms with Crippen molar-refractivity contribution in [3.63, 3.8) is 0 Å². The zero-order valence-electron chi connectivity index (χ0n) is 14.0. The van der Waals surface area contributed by atoms with Gasteiger partial charge in [0.15, 0.2) is 5.82 Å². The molecule has 2 N–H and O–H groups in total. The molecular formula is C16H19N5. The number of rotatable bonds is 1. The van der Waals surface area contributed by atoms with Crippen LogP contribution in [0.25, 0.3) is 11.4 Å². The van der Waals surface area contributed by atoms with E-state index in [1.807, 2.05) is 6.92 Å². The Morgan fingerprint density at radius 1 is 1.29 bits per heavy atom. The van der Waals surface area contributed by atoms with Gasteiger partial charge >= 0.3 is 0 Å². The van der Waals surface area contributed by atoms with Gasteiger partial charge in [0.1, 0.15) is 5.82 Å². The van der Waals surface area contributed by atoms with Crippen molar-refractivity contribution < 1.29 is 2.74 Å². The van der Waals surface area contributed by atoms with Gasteiger partial charge in [-0.25, -0.2) is 15.0 Å². The van der Waals surface area contributed by atoms with Crippen molar-refractivity contribution in [1.29, 1.82) is 0 Å². The highest BCUT2D eigenvalue weighted by Crippen LogP contribution is 2.35. The van der Waals surface area contributed by atoms with Gasteiger partial charge in [-0.3, -0.25) is 0 Å². The van der Waals surface area contributed by atoms with Crippen molar-refractivity contribution in [2.24, 2.45) is 0 Å². The van der Waals surface area contributed by atoms with E-state index >= 15 is 0 Å². The summed E-state index contributed by atoms with van der Waals surface area (Å²) in [5.41, 5.74) is 2.94. The predicted octanol–water partition coefficient (Wildman–Crippen LogP) is 1.94. The molecule has 0 aliphatic carbocycles.